The van der Waals surface area contributed by atoms with Crippen LogP contribution in [0.4, 0.5) is 0 Å². The molecule has 0 aromatic rings. The fourth-order valence-corrected chi connectivity index (χ4v) is 11.9. The molecule has 2 aliphatic carbocycles. The summed E-state index contributed by atoms with van der Waals surface area (Å²) < 4.78 is 0. The molecule has 2 rings (SSSR count). The van der Waals surface area contributed by atoms with Crippen LogP contribution in [0.3, 0.4) is 0 Å². The van der Waals surface area contributed by atoms with Gasteiger partial charge in [0.05, 0.1) is 6.13 Å². The van der Waals surface area contributed by atoms with Crippen molar-refractivity contribution in [3.63, 3.8) is 0 Å². The van der Waals surface area contributed by atoms with Crippen LogP contribution in [0.1, 0.15) is 64.2 Å². The Morgan fingerprint density at radius 3 is 1.47 bits per heavy atom. The first-order chi connectivity index (χ1) is 7.79. The third kappa shape index (κ3) is 4.99. The van der Waals surface area contributed by atoms with E-state index < -0.39 is 6.13 Å². The minimum absolute atomic E-state index is 0. The van der Waals surface area contributed by atoms with Crippen molar-refractivity contribution in [1.29, 1.82) is 0 Å². The average molecular weight is 376 g/mol. The van der Waals surface area contributed by atoms with Crippen LogP contribution < -0.4 is 0 Å². The second kappa shape index (κ2) is 8.85. The Kier molecular flexibility index (Phi) is 8.76. The molecule has 0 aromatic heterocycles. The summed E-state index contributed by atoms with van der Waals surface area (Å²) in [6, 6.07) is 0. The summed E-state index contributed by atoms with van der Waals surface area (Å²) in [5.74, 6) is 0. The van der Waals surface area contributed by atoms with Gasteiger partial charge in [0.25, 0.3) is 0 Å². The maximum absolute atomic E-state index is 10.1. The van der Waals surface area contributed by atoms with Gasteiger partial charge in [0, 0.05) is 31.6 Å². The van der Waals surface area contributed by atoms with Crippen LogP contribution in [-0.4, -0.2) is 15.4 Å². The number of hydrogen-bond donors (Lipinski definition) is 2. The monoisotopic (exact) mass is 378 g/mol. The summed E-state index contributed by atoms with van der Waals surface area (Å²) >= 11 is 4.48. The van der Waals surface area contributed by atoms with Gasteiger partial charge in [-0.25, -0.2) is 0 Å². The van der Waals surface area contributed by atoms with Gasteiger partial charge >= 0.3 is 0 Å². The quantitative estimate of drug-likeness (QED) is 0.422. The number of thiol groups is 1. The van der Waals surface area contributed by atoms with Crippen LogP contribution in [0.15, 0.2) is 0 Å². The largest absolute Gasteiger partial charge is 0.364 e. The van der Waals surface area contributed by atoms with Gasteiger partial charge in [0.15, 0.2) is 0 Å². The van der Waals surface area contributed by atoms with Crippen molar-refractivity contribution in [1.82, 2.24) is 0 Å². The smallest absolute Gasteiger partial charge is 0.0636 e. The Morgan fingerprint density at radius 1 is 0.824 bits per heavy atom. The summed E-state index contributed by atoms with van der Waals surface area (Å²) in [5, 5.41) is 1.65. The molecule has 0 radical (unpaired) electrons. The van der Waals surface area contributed by atoms with Crippen LogP contribution in [0.5, 0.6) is 0 Å². The molecular formula is C12H25MoOPS2. The van der Waals surface area contributed by atoms with Gasteiger partial charge in [0.1, 0.15) is 0 Å². The van der Waals surface area contributed by atoms with E-state index in [9.17, 15) is 4.89 Å². The molecule has 0 bridgehead atoms. The predicted molar refractivity (Wildman–Crippen MR) is 80.6 cm³/mol. The molecule has 102 valence electrons. The molecule has 1 nitrogen and oxygen atoms in total. The Morgan fingerprint density at radius 2 is 1.18 bits per heavy atom. The Balaban J connectivity index is 0.00000144. The van der Waals surface area contributed by atoms with E-state index in [4.69, 9.17) is 0 Å². The first kappa shape index (κ1) is 16.8. The molecule has 0 spiro atoms. The maximum atomic E-state index is 10.1. The van der Waals surface area contributed by atoms with E-state index in [1.807, 2.05) is 0 Å². The molecule has 2 saturated carbocycles. The normalized spacial score (nSPS) is 25.6. The minimum Gasteiger partial charge on any atom is -0.364 e. The first-order valence-corrected chi connectivity index (χ1v) is 11.6. The fraction of sp³-hybridized carbons (Fsp3) is 1.00. The molecule has 0 heterocycles. The molecule has 1 unspecified atom stereocenters. The summed E-state index contributed by atoms with van der Waals surface area (Å²) in [4.78, 5) is 10.1. The van der Waals surface area contributed by atoms with Crippen molar-refractivity contribution >= 4 is 28.4 Å². The Labute approximate surface area is 128 Å². The molecule has 0 aromatic carbocycles. The van der Waals surface area contributed by atoms with Crippen molar-refractivity contribution in [2.45, 2.75) is 74.7 Å². The van der Waals surface area contributed by atoms with E-state index in [-0.39, 0.29) is 31.1 Å². The molecule has 0 aliphatic heterocycles. The molecule has 1 atom stereocenters. The van der Waals surface area contributed by atoms with Crippen LogP contribution >= 0.6 is 18.4 Å². The van der Waals surface area contributed by atoms with Crippen molar-refractivity contribution in [2.24, 2.45) is 0 Å². The predicted octanol–water partition coefficient (Wildman–Crippen LogP) is 4.15. The molecule has 17 heavy (non-hydrogen) atoms. The zero-order chi connectivity index (χ0) is 11.4. The Bertz CT molecular complexity index is 237. The SMILES string of the molecule is O[PH](S)=S(C1CCCCC1)C1CCCCC1.[Mo]. The first-order valence-electron chi connectivity index (χ1n) is 6.76. The number of hydrogen-bond acceptors (Lipinski definition) is 0. The van der Waals surface area contributed by atoms with Gasteiger partial charge in [-0.3, -0.25) is 0 Å². The van der Waals surface area contributed by atoms with E-state index in [1.165, 1.54) is 64.2 Å². The Hall–Kier alpha value is 1.78. The fourth-order valence-electron chi connectivity index (χ4n) is 3.21. The minimum atomic E-state index is -1.35. The maximum Gasteiger partial charge on any atom is 0.0636 e. The van der Waals surface area contributed by atoms with Gasteiger partial charge in [-0.05, 0) is 25.7 Å². The topological polar surface area (TPSA) is 20.2 Å². The van der Waals surface area contributed by atoms with Crippen molar-refractivity contribution in [3.8, 4) is 0 Å². The van der Waals surface area contributed by atoms with Crippen molar-refractivity contribution in [2.75, 3.05) is 0 Å². The van der Waals surface area contributed by atoms with E-state index in [0.29, 0.717) is 0 Å². The molecule has 0 amide bonds. The zero-order valence-electron chi connectivity index (χ0n) is 10.4. The van der Waals surface area contributed by atoms with Crippen LogP contribution in [0, 0.1) is 0 Å². The molecule has 2 aliphatic rings. The summed E-state index contributed by atoms with van der Waals surface area (Å²) in [6.45, 7) is 0. The third-order valence-electron chi connectivity index (χ3n) is 4.03. The van der Waals surface area contributed by atoms with Crippen LogP contribution in [0.25, 0.3) is 0 Å². The van der Waals surface area contributed by atoms with Gasteiger partial charge in [-0.2, -0.15) is 10.1 Å². The zero-order valence-corrected chi connectivity index (χ0v) is 15.2. The summed E-state index contributed by atoms with van der Waals surface area (Å²) in [6.07, 6.45) is 12.5. The molecule has 2 fully saturated rings. The summed E-state index contributed by atoms with van der Waals surface area (Å²) in [5.41, 5.74) is 0. The van der Waals surface area contributed by atoms with Crippen molar-refractivity contribution in [3.05, 3.63) is 0 Å². The average Bonchev–Trinajstić information content (AvgIpc) is 2.31. The van der Waals surface area contributed by atoms with Gasteiger partial charge in [0.2, 0.25) is 0 Å². The second-order valence-corrected chi connectivity index (χ2v) is 12.6. The van der Waals surface area contributed by atoms with Gasteiger partial charge in [-0.1, -0.05) is 38.5 Å². The summed E-state index contributed by atoms with van der Waals surface area (Å²) in [7, 11) is 0.273. The van der Waals surface area contributed by atoms with Crippen LogP contribution in [-0.2, 0) is 31.1 Å². The molecule has 5 heteroatoms. The van der Waals surface area contributed by atoms with Crippen molar-refractivity contribution < 1.29 is 26.0 Å². The second-order valence-electron chi connectivity index (χ2n) is 5.17. The van der Waals surface area contributed by atoms with E-state index in [1.54, 1.807) is 0 Å². The molecule has 1 N–H and O–H groups in total. The van der Waals surface area contributed by atoms with E-state index in [2.05, 4.69) is 12.2 Å². The molecule has 0 saturated heterocycles. The van der Waals surface area contributed by atoms with E-state index >= 15 is 0 Å². The van der Waals surface area contributed by atoms with Gasteiger partial charge in [-0.15, -0.1) is 12.2 Å². The number of rotatable bonds is 2. The standard InChI is InChI=1S/C12H25OPS2.Mo/c13-14(15)16(11-7-3-1-4-8-11)12-9-5-2-6-10-12;/h11-15H,1-10H2;. The third-order valence-corrected chi connectivity index (χ3v) is 12.0. The van der Waals surface area contributed by atoms with Crippen LogP contribution in [0.2, 0.25) is 0 Å². The van der Waals surface area contributed by atoms with E-state index in [0.717, 1.165) is 10.5 Å². The molecular weight excluding hydrogens is 351 g/mol. The van der Waals surface area contributed by atoms with Gasteiger partial charge < -0.3 is 4.89 Å².